The molecule has 0 saturated carbocycles. The van der Waals surface area contributed by atoms with E-state index in [2.05, 4.69) is 44.8 Å². The van der Waals surface area contributed by atoms with Crippen molar-refractivity contribution in [2.24, 2.45) is 5.92 Å². The number of rotatable bonds is 5. The largest absolute Gasteiger partial charge is 0.355 e. The smallest absolute Gasteiger partial charge is 0.223 e. The Hall–Kier alpha value is -0.210. The zero-order valence-electron chi connectivity index (χ0n) is 13.0. The van der Waals surface area contributed by atoms with Gasteiger partial charge >= 0.3 is 0 Å². The number of hydrogen-bond acceptors (Lipinski definition) is 4. The van der Waals surface area contributed by atoms with Crippen LogP contribution in [0.3, 0.4) is 0 Å². The van der Waals surface area contributed by atoms with Crippen LogP contribution in [0.25, 0.3) is 0 Å². The van der Waals surface area contributed by atoms with Gasteiger partial charge in [0.2, 0.25) is 5.91 Å². The van der Waals surface area contributed by atoms with E-state index in [1.807, 2.05) is 0 Å². The maximum absolute atomic E-state index is 12.1. The molecule has 6 heteroatoms. The zero-order valence-corrected chi connectivity index (χ0v) is 15.1. The molecule has 21 heavy (non-hydrogen) atoms. The van der Waals surface area contributed by atoms with Crippen LogP contribution in [0.1, 0.15) is 32.6 Å². The fourth-order valence-corrected chi connectivity index (χ4v) is 4.04. The Morgan fingerprint density at radius 3 is 2.48 bits per heavy atom. The average molecular weight is 407 g/mol. The van der Waals surface area contributed by atoms with E-state index in [-0.39, 0.29) is 17.6 Å². The molecule has 0 bridgehead atoms. The molecule has 0 aromatic carbocycles. The molecule has 120 valence electrons. The van der Waals surface area contributed by atoms with Crippen LogP contribution in [-0.4, -0.2) is 64.8 Å². The lowest BCUT2D eigenvalue weighted by Crippen LogP contribution is -2.45. The summed E-state index contributed by atoms with van der Waals surface area (Å²) in [6, 6.07) is 0.652. The number of likely N-dealkylation sites (N-methyl/N-ethyl adjacent to an activating group) is 1. The minimum absolute atomic E-state index is 0.128. The van der Waals surface area contributed by atoms with Crippen molar-refractivity contribution in [1.29, 1.82) is 0 Å². The third-order valence-corrected chi connectivity index (χ3v) is 6.10. The van der Waals surface area contributed by atoms with E-state index in [1.54, 1.807) is 6.92 Å². The first-order valence-electron chi connectivity index (χ1n) is 7.83. The van der Waals surface area contributed by atoms with Crippen molar-refractivity contribution in [3.63, 3.8) is 0 Å². The van der Waals surface area contributed by atoms with Crippen LogP contribution in [0.2, 0.25) is 0 Å². The number of piperidine rings is 1. The van der Waals surface area contributed by atoms with Gasteiger partial charge in [-0.2, -0.15) is 0 Å². The molecule has 2 rings (SSSR count). The number of nitrogens with one attached hydrogen (secondary N) is 1. The summed E-state index contributed by atoms with van der Waals surface area (Å²) in [6.07, 6.45) is 3.55. The van der Waals surface area contributed by atoms with E-state index in [0.29, 0.717) is 23.1 Å². The molecule has 0 spiro atoms. The Bertz CT molecular complexity index is 373. The quantitative estimate of drug-likeness (QED) is 0.424. The predicted octanol–water partition coefficient (Wildman–Crippen LogP) is 1.26. The molecule has 0 aromatic rings. The number of Topliss-reactive ketones (excluding diaryl/α,β-unsaturated/α-hetero) is 1. The first-order valence-corrected chi connectivity index (χ1v) is 9.07. The van der Waals surface area contributed by atoms with Crippen LogP contribution in [0.15, 0.2) is 0 Å². The number of carbonyl (C=O) groups excluding carboxylic acids is 2. The Morgan fingerprint density at radius 2 is 1.95 bits per heavy atom. The Balaban J connectivity index is 1.70. The highest BCUT2D eigenvalue weighted by molar-refractivity contribution is 14.1. The lowest BCUT2D eigenvalue weighted by atomic mass is 9.94. The van der Waals surface area contributed by atoms with Gasteiger partial charge in [-0.3, -0.25) is 19.4 Å². The maximum Gasteiger partial charge on any atom is 0.223 e. The number of likely N-dealkylation sites (tertiary alicyclic amines) is 2. The van der Waals surface area contributed by atoms with Crippen LogP contribution >= 0.6 is 22.6 Å². The minimum Gasteiger partial charge on any atom is -0.355 e. The number of hydrogen-bond donors (Lipinski definition) is 1. The molecule has 2 aliphatic heterocycles. The SMILES string of the molecule is CC(=O)CCNC(=O)C1CCN([C@H]2C[C@@H](I)N(C)C2)CC1. The molecule has 2 atom stereocenters. The highest BCUT2D eigenvalue weighted by Crippen LogP contribution is 2.28. The normalized spacial score (nSPS) is 28.7. The summed E-state index contributed by atoms with van der Waals surface area (Å²) < 4.78 is 0.639. The number of nitrogens with zero attached hydrogens (tertiary/aromatic N) is 2. The van der Waals surface area contributed by atoms with Crippen molar-refractivity contribution >= 4 is 34.3 Å². The van der Waals surface area contributed by atoms with E-state index >= 15 is 0 Å². The fourth-order valence-electron chi connectivity index (χ4n) is 3.22. The molecule has 1 N–H and O–H groups in total. The Kier molecular flexibility index (Phi) is 6.43. The van der Waals surface area contributed by atoms with E-state index in [4.69, 9.17) is 0 Å². The molecule has 0 radical (unpaired) electrons. The second-order valence-electron chi connectivity index (χ2n) is 6.32. The van der Waals surface area contributed by atoms with Gasteiger partial charge < -0.3 is 5.32 Å². The molecule has 0 aromatic heterocycles. The summed E-state index contributed by atoms with van der Waals surface area (Å²) in [4.78, 5) is 27.9. The van der Waals surface area contributed by atoms with Crippen LogP contribution in [-0.2, 0) is 9.59 Å². The summed E-state index contributed by atoms with van der Waals surface area (Å²) in [6.45, 7) is 5.23. The second-order valence-corrected chi connectivity index (χ2v) is 7.75. The maximum atomic E-state index is 12.1. The van der Waals surface area contributed by atoms with Gasteiger partial charge in [0.1, 0.15) is 5.78 Å². The van der Waals surface area contributed by atoms with Gasteiger partial charge in [0, 0.05) is 31.5 Å². The molecule has 1 amide bonds. The molecule has 2 saturated heterocycles. The summed E-state index contributed by atoms with van der Waals surface area (Å²) in [7, 11) is 2.19. The number of ketones is 1. The van der Waals surface area contributed by atoms with Crippen molar-refractivity contribution in [1.82, 2.24) is 15.1 Å². The van der Waals surface area contributed by atoms with Crippen LogP contribution in [0.4, 0.5) is 0 Å². The molecular weight excluding hydrogens is 381 g/mol. The van der Waals surface area contributed by atoms with Crippen LogP contribution in [0, 0.1) is 5.92 Å². The number of carbonyl (C=O) groups is 2. The third kappa shape index (κ3) is 4.89. The fraction of sp³-hybridized carbons (Fsp3) is 0.867. The third-order valence-electron chi connectivity index (χ3n) is 4.64. The summed E-state index contributed by atoms with van der Waals surface area (Å²) >= 11 is 2.51. The van der Waals surface area contributed by atoms with Gasteiger partial charge in [0.05, 0.1) is 4.05 Å². The Labute approximate surface area is 140 Å². The molecule has 0 unspecified atom stereocenters. The molecule has 2 aliphatic rings. The van der Waals surface area contributed by atoms with Gasteiger partial charge in [-0.25, -0.2) is 0 Å². The van der Waals surface area contributed by atoms with Crippen molar-refractivity contribution in [3.05, 3.63) is 0 Å². The number of amides is 1. The van der Waals surface area contributed by atoms with Gasteiger partial charge in [-0.15, -0.1) is 0 Å². The van der Waals surface area contributed by atoms with Gasteiger partial charge in [0.15, 0.2) is 0 Å². The van der Waals surface area contributed by atoms with Gasteiger partial charge in [-0.1, -0.05) is 22.6 Å². The Morgan fingerprint density at radius 1 is 1.29 bits per heavy atom. The minimum atomic E-state index is 0.128. The lowest BCUT2D eigenvalue weighted by molar-refractivity contribution is -0.126. The van der Waals surface area contributed by atoms with E-state index in [9.17, 15) is 9.59 Å². The molecular formula is C15H26IN3O2. The van der Waals surface area contributed by atoms with E-state index < -0.39 is 0 Å². The summed E-state index contributed by atoms with van der Waals surface area (Å²) in [5.41, 5.74) is 0. The topological polar surface area (TPSA) is 52.7 Å². The second kappa shape index (κ2) is 7.87. The first kappa shape index (κ1) is 17.1. The lowest BCUT2D eigenvalue weighted by Gasteiger charge is -2.35. The highest BCUT2D eigenvalue weighted by Gasteiger charge is 2.34. The predicted molar refractivity (Wildman–Crippen MR) is 91.4 cm³/mol. The van der Waals surface area contributed by atoms with Crippen LogP contribution in [0.5, 0.6) is 0 Å². The van der Waals surface area contributed by atoms with Crippen molar-refractivity contribution in [3.8, 4) is 0 Å². The van der Waals surface area contributed by atoms with Crippen molar-refractivity contribution < 1.29 is 9.59 Å². The van der Waals surface area contributed by atoms with Crippen molar-refractivity contribution in [2.75, 3.05) is 33.2 Å². The van der Waals surface area contributed by atoms with Crippen LogP contribution < -0.4 is 5.32 Å². The molecule has 5 nitrogen and oxygen atoms in total. The monoisotopic (exact) mass is 407 g/mol. The van der Waals surface area contributed by atoms with Gasteiger partial charge in [0.25, 0.3) is 0 Å². The average Bonchev–Trinajstić information content (AvgIpc) is 2.78. The summed E-state index contributed by atoms with van der Waals surface area (Å²) in [5.74, 6) is 0.387. The van der Waals surface area contributed by atoms with E-state index in [0.717, 1.165) is 32.5 Å². The summed E-state index contributed by atoms with van der Waals surface area (Å²) in [5, 5.41) is 2.89. The molecule has 2 fully saturated rings. The van der Waals surface area contributed by atoms with E-state index in [1.165, 1.54) is 6.42 Å². The standard InChI is InChI=1S/C15H26IN3O2/c1-11(20)3-6-17-15(21)12-4-7-19(8-5-12)13-9-14(16)18(2)10-13/h12-14H,3-10H2,1-2H3,(H,17,21)/t13-,14-/m0/s1. The number of alkyl halides is 1. The van der Waals surface area contributed by atoms with Crippen molar-refractivity contribution in [2.45, 2.75) is 42.7 Å². The molecule has 0 aliphatic carbocycles. The van der Waals surface area contributed by atoms with Gasteiger partial charge in [-0.05, 0) is 46.3 Å². The number of halogens is 1. The highest BCUT2D eigenvalue weighted by atomic mass is 127. The zero-order chi connectivity index (χ0) is 15.4. The molecule has 2 heterocycles. The first-order chi connectivity index (χ1) is 9.97.